The number of carbonyl (C=O) groups excluding carboxylic acids is 1. The summed E-state index contributed by atoms with van der Waals surface area (Å²) in [4.78, 5) is 12.9. The largest absolute Gasteiger partial charge is 0.294 e. The third kappa shape index (κ3) is 2.55. The van der Waals surface area contributed by atoms with Gasteiger partial charge in [0.15, 0.2) is 5.78 Å². The van der Waals surface area contributed by atoms with Crippen LogP contribution in [0.2, 0.25) is 0 Å². The fraction of sp³-hybridized carbons (Fsp3) is 0.154. The van der Waals surface area contributed by atoms with Gasteiger partial charge in [0.2, 0.25) is 0 Å². The number of rotatable bonds is 4. The van der Waals surface area contributed by atoms with Crippen molar-refractivity contribution < 1.29 is 9.18 Å². The molecule has 16 heavy (non-hydrogen) atoms. The van der Waals surface area contributed by atoms with E-state index in [1.165, 1.54) is 12.1 Å². The Morgan fingerprint density at radius 2 is 2.00 bits per heavy atom. The van der Waals surface area contributed by atoms with Gasteiger partial charge in [0, 0.05) is 11.3 Å². The van der Waals surface area contributed by atoms with E-state index in [1.807, 2.05) is 17.5 Å². The SMILES string of the molecule is O=C(CCc1cccs1)c1ccccc1F. The first-order chi connectivity index (χ1) is 7.77. The maximum Gasteiger partial charge on any atom is 0.166 e. The molecule has 3 heteroatoms. The monoisotopic (exact) mass is 234 g/mol. The first kappa shape index (κ1) is 11.0. The molecule has 0 bridgehead atoms. The Hall–Kier alpha value is -1.48. The van der Waals surface area contributed by atoms with Crippen LogP contribution in [0.3, 0.4) is 0 Å². The minimum atomic E-state index is -0.432. The Bertz CT molecular complexity index is 476. The van der Waals surface area contributed by atoms with Crippen LogP contribution in [0, 0.1) is 5.82 Å². The molecule has 0 saturated heterocycles. The Kier molecular flexibility index (Phi) is 3.47. The predicted octanol–water partition coefficient (Wildman–Crippen LogP) is 3.70. The third-order valence-corrected chi connectivity index (χ3v) is 3.29. The van der Waals surface area contributed by atoms with Crippen molar-refractivity contribution in [3.8, 4) is 0 Å². The number of carbonyl (C=O) groups is 1. The molecule has 1 aromatic heterocycles. The fourth-order valence-corrected chi connectivity index (χ4v) is 2.22. The van der Waals surface area contributed by atoms with Gasteiger partial charge in [-0.15, -0.1) is 11.3 Å². The van der Waals surface area contributed by atoms with Gasteiger partial charge < -0.3 is 0 Å². The van der Waals surface area contributed by atoms with Crippen LogP contribution in [-0.2, 0) is 6.42 Å². The molecule has 0 fully saturated rings. The van der Waals surface area contributed by atoms with E-state index < -0.39 is 5.82 Å². The number of hydrogen-bond donors (Lipinski definition) is 0. The normalized spacial score (nSPS) is 10.3. The smallest absolute Gasteiger partial charge is 0.166 e. The summed E-state index contributed by atoms with van der Waals surface area (Å²) >= 11 is 1.62. The summed E-state index contributed by atoms with van der Waals surface area (Å²) in [6.45, 7) is 0. The lowest BCUT2D eigenvalue weighted by molar-refractivity contribution is 0.0979. The quantitative estimate of drug-likeness (QED) is 0.737. The van der Waals surface area contributed by atoms with Gasteiger partial charge in [0.1, 0.15) is 5.82 Å². The van der Waals surface area contributed by atoms with Crippen LogP contribution in [0.1, 0.15) is 21.7 Å². The summed E-state index contributed by atoms with van der Waals surface area (Å²) in [6, 6.07) is 10.1. The summed E-state index contributed by atoms with van der Waals surface area (Å²) in [5, 5.41) is 1.98. The molecule has 0 radical (unpaired) electrons. The molecule has 0 unspecified atom stereocenters. The fourth-order valence-electron chi connectivity index (χ4n) is 1.51. The lowest BCUT2D eigenvalue weighted by Gasteiger charge is -2.01. The van der Waals surface area contributed by atoms with Gasteiger partial charge in [-0.25, -0.2) is 4.39 Å². The Morgan fingerprint density at radius 3 is 2.69 bits per heavy atom. The van der Waals surface area contributed by atoms with Gasteiger partial charge in [-0.3, -0.25) is 4.79 Å². The van der Waals surface area contributed by atoms with E-state index in [0.717, 1.165) is 4.88 Å². The molecule has 1 heterocycles. The van der Waals surface area contributed by atoms with Crippen molar-refractivity contribution in [3.63, 3.8) is 0 Å². The zero-order chi connectivity index (χ0) is 11.4. The molecule has 1 aromatic carbocycles. The van der Waals surface area contributed by atoms with E-state index in [2.05, 4.69) is 0 Å². The Balaban J connectivity index is 2.01. The van der Waals surface area contributed by atoms with Crippen LogP contribution in [-0.4, -0.2) is 5.78 Å². The highest BCUT2D eigenvalue weighted by Crippen LogP contribution is 2.14. The molecule has 0 aliphatic carbocycles. The van der Waals surface area contributed by atoms with Crippen LogP contribution >= 0.6 is 11.3 Å². The third-order valence-electron chi connectivity index (χ3n) is 2.35. The summed E-state index contributed by atoms with van der Waals surface area (Å²) in [5.41, 5.74) is 0.194. The minimum Gasteiger partial charge on any atom is -0.294 e. The van der Waals surface area contributed by atoms with Crippen molar-refractivity contribution in [2.24, 2.45) is 0 Å². The second kappa shape index (κ2) is 5.03. The molecule has 2 rings (SSSR count). The zero-order valence-corrected chi connectivity index (χ0v) is 9.47. The van der Waals surface area contributed by atoms with Crippen molar-refractivity contribution in [2.45, 2.75) is 12.8 Å². The highest BCUT2D eigenvalue weighted by Gasteiger charge is 2.10. The molecule has 0 N–H and O–H groups in total. The lowest BCUT2D eigenvalue weighted by Crippen LogP contribution is -2.03. The van der Waals surface area contributed by atoms with Crippen LogP contribution in [0.5, 0.6) is 0 Å². The highest BCUT2D eigenvalue weighted by atomic mass is 32.1. The summed E-state index contributed by atoms with van der Waals surface area (Å²) in [5.74, 6) is -0.565. The van der Waals surface area contributed by atoms with Crippen molar-refractivity contribution in [2.75, 3.05) is 0 Å². The molecule has 0 atom stereocenters. The van der Waals surface area contributed by atoms with Gasteiger partial charge in [-0.1, -0.05) is 18.2 Å². The van der Waals surface area contributed by atoms with E-state index in [4.69, 9.17) is 0 Å². The molecular formula is C13H11FOS. The van der Waals surface area contributed by atoms with Gasteiger partial charge in [-0.05, 0) is 30.0 Å². The van der Waals surface area contributed by atoms with E-state index >= 15 is 0 Å². The maximum atomic E-state index is 13.3. The van der Waals surface area contributed by atoms with Crippen LogP contribution in [0.4, 0.5) is 4.39 Å². The van der Waals surface area contributed by atoms with Crippen molar-refractivity contribution >= 4 is 17.1 Å². The average molecular weight is 234 g/mol. The van der Waals surface area contributed by atoms with Crippen LogP contribution < -0.4 is 0 Å². The summed E-state index contributed by atoms with van der Waals surface area (Å²) in [7, 11) is 0. The predicted molar refractivity (Wildman–Crippen MR) is 63.4 cm³/mol. The van der Waals surface area contributed by atoms with E-state index in [9.17, 15) is 9.18 Å². The molecule has 0 aliphatic heterocycles. The lowest BCUT2D eigenvalue weighted by atomic mass is 10.1. The number of thiophene rings is 1. The first-order valence-electron chi connectivity index (χ1n) is 5.07. The summed E-state index contributed by atoms with van der Waals surface area (Å²) in [6.07, 6.45) is 1.05. The number of hydrogen-bond acceptors (Lipinski definition) is 2. The topological polar surface area (TPSA) is 17.1 Å². The number of halogens is 1. The number of ketones is 1. The zero-order valence-electron chi connectivity index (χ0n) is 8.65. The van der Waals surface area contributed by atoms with Crippen molar-refractivity contribution in [1.29, 1.82) is 0 Å². The van der Waals surface area contributed by atoms with Crippen molar-refractivity contribution in [3.05, 3.63) is 58.0 Å². The number of aryl methyl sites for hydroxylation is 1. The second-order valence-corrected chi connectivity index (χ2v) is 4.51. The Labute approximate surface area is 97.6 Å². The number of Topliss-reactive ketones (excluding diaryl/α,β-unsaturated/α-hetero) is 1. The van der Waals surface area contributed by atoms with E-state index in [-0.39, 0.29) is 11.3 Å². The van der Waals surface area contributed by atoms with Gasteiger partial charge in [0.25, 0.3) is 0 Å². The molecule has 0 saturated carbocycles. The van der Waals surface area contributed by atoms with Gasteiger partial charge in [-0.2, -0.15) is 0 Å². The van der Waals surface area contributed by atoms with Crippen molar-refractivity contribution in [1.82, 2.24) is 0 Å². The summed E-state index contributed by atoms with van der Waals surface area (Å²) < 4.78 is 13.3. The Morgan fingerprint density at radius 1 is 1.19 bits per heavy atom. The molecule has 82 valence electrons. The van der Waals surface area contributed by atoms with E-state index in [0.29, 0.717) is 12.8 Å². The molecular weight excluding hydrogens is 223 g/mol. The maximum absolute atomic E-state index is 13.3. The van der Waals surface area contributed by atoms with Crippen LogP contribution in [0.15, 0.2) is 41.8 Å². The number of benzene rings is 1. The molecule has 2 aromatic rings. The standard InChI is InChI=1S/C13H11FOS/c14-12-6-2-1-5-11(12)13(15)8-7-10-4-3-9-16-10/h1-6,9H,7-8H2. The minimum absolute atomic E-state index is 0.133. The molecule has 0 spiro atoms. The molecule has 1 nitrogen and oxygen atoms in total. The highest BCUT2D eigenvalue weighted by molar-refractivity contribution is 7.09. The van der Waals surface area contributed by atoms with E-state index in [1.54, 1.807) is 23.5 Å². The molecule has 0 aliphatic rings. The van der Waals surface area contributed by atoms with Gasteiger partial charge >= 0.3 is 0 Å². The van der Waals surface area contributed by atoms with Gasteiger partial charge in [0.05, 0.1) is 5.56 Å². The van der Waals surface area contributed by atoms with Crippen LogP contribution in [0.25, 0.3) is 0 Å². The molecule has 0 amide bonds. The second-order valence-electron chi connectivity index (χ2n) is 3.48. The first-order valence-corrected chi connectivity index (χ1v) is 5.95. The average Bonchev–Trinajstić information content (AvgIpc) is 2.79.